The Morgan fingerprint density at radius 2 is 1.63 bits per heavy atom. The Hall–Kier alpha value is -3.48. The maximum atomic E-state index is 12.4. The molecule has 0 fully saturated rings. The fourth-order valence-corrected chi connectivity index (χ4v) is 2.62. The van der Waals surface area contributed by atoms with E-state index in [1.807, 2.05) is 0 Å². The van der Waals surface area contributed by atoms with Crippen LogP contribution in [0.15, 0.2) is 48.7 Å². The Kier molecular flexibility index (Phi) is 5.61. The van der Waals surface area contributed by atoms with E-state index < -0.39 is 11.7 Å². The van der Waals surface area contributed by atoms with Gasteiger partial charge in [-0.05, 0) is 42.5 Å². The summed E-state index contributed by atoms with van der Waals surface area (Å²) in [5.74, 6) is 0.706. The third-order valence-corrected chi connectivity index (χ3v) is 4.06. The monoisotopic (exact) mass is 368 g/mol. The summed E-state index contributed by atoms with van der Waals surface area (Å²) in [5, 5.41) is 3.22. The Morgan fingerprint density at radius 3 is 2.33 bits per heavy atom. The van der Waals surface area contributed by atoms with E-state index in [1.54, 1.807) is 56.7 Å². The van der Waals surface area contributed by atoms with Crippen LogP contribution in [0.4, 0.5) is 0 Å². The molecule has 1 aromatic heterocycles. The third kappa shape index (κ3) is 4.20. The number of carbonyl (C=O) groups is 2. The highest BCUT2D eigenvalue weighted by Gasteiger charge is 2.20. The zero-order valence-electron chi connectivity index (χ0n) is 15.1. The lowest BCUT2D eigenvalue weighted by Crippen LogP contribution is -2.34. The van der Waals surface area contributed by atoms with Gasteiger partial charge in [0.1, 0.15) is 23.9 Å². The molecule has 0 bridgehead atoms. The number of rotatable bonds is 8. The van der Waals surface area contributed by atoms with Gasteiger partial charge in [0.2, 0.25) is 0 Å². The minimum absolute atomic E-state index is 0.211. The summed E-state index contributed by atoms with van der Waals surface area (Å²) in [6, 6.07) is 12.4. The van der Waals surface area contributed by atoms with Crippen molar-refractivity contribution in [1.29, 1.82) is 0 Å². The van der Waals surface area contributed by atoms with Crippen LogP contribution in [-0.4, -0.2) is 44.0 Å². The van der Waals surface area contributed by atoms with Crippen LogP contribution < -0.4 is 19.5 Å². The second-order valence-electron chi connectivity index (χ2n) is 5.72. The molecule has 7 heteroatoms. The highest BCUT2D eigenvalue weighted by Crippen LogP contribution is 2.24. The van der Waals surface area contributed by atoms with Gasteiger partial charge in [-0.1, -0.05) is 0 Å². The SMILES string of the molecule is COc1ccc(OCCNC(=O)C(=O)c2c[nH]c3ccc(OC)cc23)cc1. The highest BCUT2D eigenvalue weighted by atomic mass is 16.5. The quantitative estimate of drug-likeness (QED) is 0.362. The van der Waals surface area contributed by atoms with Crippen molar-refractivity contribution in [2.45, 2.75) is 0 Å². The minimum atomic E-state index is -0.683. The molecule has 1 heterocycles. The maximum Gasteiger partial charge on any atom is 0.292 e. The summed E-state index contributed by atoms with van der Waals surface area (Å²) in [5.41, 5.74) is 1.06. The van der Waals surface area contributed by atoms with Crippen molar-refractivity contribution in [2.75, 3.05) is 27.4 Å². The molecule has 0 saturated carbocycles. The fraction of sp³-hybridized carbons (Fsp3) is 0.200. The van der Waals surface area contributed by atoms with E-state index in [0.29, 0.717) is 22.4 Å². The van der Waals surface area contributed by atoms with Crippen LogP contribution in [0.1, 0.15) is 10.4 Å². The molecule has 0 radical (unpaired) electrons. The van der Waals surface area contributed by atoms with Crippen LogP contribution in [0.2, 0.25) is 0 Å². The van der Waals surface area contributed by atoms with Gasteiger partial charge in [-0.25, -0.2) is 0 Å². The molecule has 1 amide bonds. The van der Waals surface area contributed by atoms with Crippen molar-refractivity contribution in [2.24, 2.45) is 0 Å². The van der Waals surface area contributed by atoms with Crippen LogP contribution >= 0.6 is 0 Å². The molecular formula is C20H20N2O5. The van der Waals surface area contributed by atoms with Crippen molar-refractivity contribution in [1.82, 2.24) is 10.3 Å². The Morgan fingerprint density at radius 1 is 0.963 bits per heavy atom. The zero-order chi connectivity index (χ0) is 19.2. The molecule has 0 aliphatic heterocycles. The molecule has 7 nitrogen and oxygen atoms in total. The molecule has 0 unspecified atom stereocenters. The third-order valence-electron chi connectivity index (χ3n) is 4.06. The molecule has 0 saturated heterocycles. The number of ketones is 1. The molecule has 140 valence electrons. The number of hydrogen-bond acceptors (Lipinski definition) is 5. The average molecular weight is 368 g/mol. The first-order chi connectivity index (χ1) is 13.1. The van der Waals surface area contributed by atoms with Gasteiger partial charge in [0, 0.05) is 17.1 Å². The first kappa shape index (κ1) is 18.3. The number of aromatic nitrogens is 1. The number of carbonyl (C=O) groups excluding carboxylic acids is 2. The molecule has 2 aromatic carbocycles. The van der Waals surface area contributed by atoms with Crippen molar-refractivity contribution < 1.29 is 23.8 Å². The largest absolute Gasteiger partial charge is 0.497 e. The number of hydrogen-bond donors (Lipinski definition) is 2. The van der Waals surface area contributed by atoms with E-state index in [9.17, 15) is 9.59 Å². The Labute approximate surface area is 156 Å². The molecule has 0 spiro atoms. The zero-order valence-corrected chi connectivity index (χ0v) is 15.1. The van der Waals surface area contributed by atoms with E-state index in [0.717, 1.165) is 11.3 Å². The van der Waals surface area contributed by atoms with E-state index >= 15 is 0 Å². The van der Waals surface area contributed by atoms with Gasteiger partial charge in [-0.15, -0.1) is 0 Å². The summed E-state index contributed by atoms with van der Waals surface area (Å²) in [6.07, 6.45) is 1.53. The summed E-state index contributed by atoms with van der Waals surface area (Å²) >= 11 is 0. The standard InChI is InChI=1S/C20H20N2O5/c1-25-13-3-5-14(6-4-13)27-10-9-21-20(24)19(23)17-12-22-18-8-7-15(26-2)11-16(17)18/h3-8,11-12,22H,9-10H2,1-2H3,(H,21,24). The van der Waals surface area contributed by atoms with Gasteiger partial charge in [0.15, 0.2) is 0 Å². The van der Waals surface area contributed by atoms with Crippen LogP contribution in [0.3, 0.4) is 0 Å². The minimum Gasteiger partial charge on any atom is -0.497 e. The number of H-pyrrole nitrogens is 1. The van der Waals surface area contributed by atoms with Gasteiger partial charge in [-0.3, -0.25) is 9.59 Å². The van der Waals surface area contributed by atoms with Crippen molar-refractivity contribution >= 4 is 22.6 Å². The maximum absolute atomic E-state index is 12.4. The van der Waals surface area contributed by atoms with Gasteiger partial charge >= 0.3 is 0 Å². The number of fused-ring (bicyclic) bond motifs is 1. The number of methoxy groups -OCH3 is 2. The van der Waals surface area contributed by atoms with E-state index in [4.69, 9.17) is 14.2 Å². The molecule has 0 atom stereocenters. The second-order valence-corrected chi connectivity index (χ2v) is 5.72. The molecule has 3 aromatic rings. The number of ether oxygens (including phenoxy) is 3. The number of aromatic amines is 1. The van der Waals surface area contributed by atoms with E-state index in [1.165, 1.54) is 6.20 Å². The Bertz CT molecular complexity index is 947. The predicted octanol–water partition coefficient (Wildman–Crippen LogP) is 2.56. The number of Topliss-reactive ketones (excluding diaryl/α,β-unsaturated/α-hetero) is 1. The summed E-state index contributed by atoms with van der Waals surface area (Å²) in [7, 11) is 3.14. The lowest BCUT2D eigenvalue weighted by Gasteiger charge is -2.08. The normalized spacial score (nSPS) is 10.4. The highest BCUT2D eigenvalue weighted by molar-refractivity contribution is 6.45. The van der Waals surface area contributed by atoms with Gasteiger partial charge in [-0.2, -0.15) is 0 Å². The Balaban J connectivity index is 1.55. The first-order valence-corrected chi connectivity index (χ1v) is 8.37. The van der Waals surface area contributed by atoms with Crippen LogP contribution in [-0.2, 0) is 4.79 Å². The van der Waals surface area contributed by atoms with E-state index in [2.05, 4.69) is 10.3 Å². The second kappa shape index (κ2) is 8.27. The van der Waals surface area contributed by atoms with Crippen molar-refractivity contribution in [3.05, 3.63) is 54.2 Å². The lowest BCUT2D eigenvalue weighted by atomic mass is 10.1. The van der Waals surface area contributed by atoms with Crippen molar-refractivity contribution in [3.63, 3.8) is 0 Å². The topological polar surface area (TPSA) is 89.6 Å². The molecule has 2 N–H and O–H groups in total. The fourth-order valence-electron chi connectivity index (χ4n) is 2.62. The number of amides is 1. The predicted molar refractivity (Wildman–Crippen MR) is 101 cm³/mol. The molecule has 0 aliphatic carbocycles. The van der Waals surface area contributed by atoms with Crippen LogP contribution in [0.25, 0.3) is 10.9 Å². The summed E-state index contributed by atoms with van der Waals surface area (Å²) in [6.45, 7) is 0.454. The first-order valence-electron chi connectivity index (χ1n) is 8.37. The number of benzene rings is 2. The number of nitrogens with one attached hydrogen (secondary N) is 2. The molecule has 3 rings (SSSR count). The average Bonchev–Trinajstić information content (AvgIpc) is 3.13. The summed E-state index contributed by atoms with van der Waals surface area (Å²) in [4.78, 5) is 27.6. The van der Waals surface area contributed by atoms with Gasteiger partial charge in [0.25, 0.3) is 11.7 Å². The summed E-state index contributed by atoms with van der Waals surface area (Å²) < 4.78 is 15.8. The molecule has 27 heavy (non-hydrogen) atoms. The van der Waals surface area contributed by atoms with E-state index in [-0.39, 0.29) is 13.2 Å². The van der Waals surface area contributed by atoms with Gasteiger partial charge in [0.05, 0.1) is 26.3 Å². The molecular weight excluding hydrogens is 348 g/mol. The van der Waals surface area contributed by atoms with Gasteiger partial charge < -0.3 is 24.5 Å². The smallest absolute Gasteiger partial charge is 0.292 e. The molecule has 0 aliphatic rings. The van der Waals surface area contributed by atoms with Crippen LogP contribution in [0, 0.1) is 0 Å². The van der Waals surface area contributed by atoms with Crippen LogP contribution in [0.5, 0.6) is 17.2 Å². The lowest BCUT2D eigenvalue weighted by molar-refractivity contribution is -0.117. The van der Waals surface area contributed by atoms with Crippen molar-refractivity contribution in [3.8, 4) is 17.2 Å².